The maximum absolute atomic E-state index is 11.4. The topological polar surface area (TPSA) is 67.4 Å². The van der Waals surface area contributed by atoms with Gasteiger partial charge in [0.15, 0.2) is 0 Å². The number of alkyl carbamates (subject to hydrolysis) is 1. The molecule has 0 bridgehead atoms. The molecule has 2 amide bonds. The monoisotopic (exact) mass is 290 g/mol. The highest BCUT2D eigenvalue weighted by Crippen LogP contribution is 2.07. The second kappa shape index (κ2) is 9.58. The summed E-state index contributed by atoms with van der Waals surface area (Å²) in [5.41, 5.74) is 1.16. The zero-order chi connectivity index (χ0) is 15.5. The SMILES string of the molecule is C=CCOC(=O)NCC(CNC(C)=O)Cc1ccccc1. The second-order valence-corrected chi connectivity index (χ2v) is 4.76. The Hall–Kier alpha value is -2.30. The molecular formula is C16H22N2O3. The van der Waals surface area contributed by atoms with Gasteiger partial charge in [-0.1, -0.05) is 43.0 Å². The number of hydrogen-bond donors (Lipinski definition) is 2. The smallest absolute Gasteiger partial charge is 0.407 e. The molecule has 0 fully saturated rings. The van der Waals surface area contributed by atoms with Crippen LogP contribution in [0.2, 0.25) is 0 Å². The Labute approximate surface area is 125 Å². The lowest BCUT2D eigenvalue weighted by Gasteiger charge is -2.18. The van der Waals surface area contributed by atoms with E-state index in [0.29, 0.717) is 13.1 Å². The van der Waals surface area contributed by atoms with Gasteiger partial charge in [0.05, 0.1) is 0 Å². The molecule has 5 heteroatoms. The number of rotatable bonds is 8. The van der Waals surface area contributed by atoms with Crippen molar-refractivity contribution in [1.29, 1.82) is 0 Å². The molecule has 1 rings (SSSR count). The molecule has 0 radical (unpaired) electrons. The van der Waals surface area contributed by atoms with E-state index in [1.807, 2.05) is 30.3 Å². The van der Waals surface area contributed by atoms with Crippen molar-refractivity contribution in [3.63, 3.8) is 0 Å². The number of nitrogens with one attached hydrogen (secondary N) is 2. The summed E-state index contributed by atoms with van der Waals surface area (Å²) in [6.45, 7) is 6.08. The van der Waals surface area contributed by atoms with Gasteiger partial charge >= 0.3 is 6.09 Å². The van der Waals surface area contributed by atoms with Crippen LogP contribution >= 0.6 is 0 Å². The van der Waals surface area contributed by atoms with Crippen molar-refractivity contribution < 1.29 is 14.3 Å². The third kappa shape index (κ3) is 7.77. The number of benzene rings is 1. The van der Waals surface area contributed by atoms with Crippen LogP contribution in [-0.4, -0.2) is 31.7 Å². The minimum Gasteiger partial charge on any atom is -0.445 e. The molecule has 0 heterocycles. The van der Waals surface area contributed by atoms with Gasteiger partial charge in [0.1, 0.15) is 6.61 Å². The van der Waals surface area contributed by atoms with Crippen LogP contribution in [0.3, 0.4) is 0 Å². The molecule has 0 aromatic heterocycles. The molecule has 5 nitrogen and oxygen atoms in total. The summed E-state index contributed by atoms with van der Waals surface area (Å²) in [6.07, 6.45) is 1.80. The lowest BCUT2D eigenvalue weighted by Crippen LogP contribution is -2.37. The van der Waals surface area contributed by atoms with Gasteiger partial charge in [-0.2, -0.15) is 0 Å². The molecule has 1 unspecified atom stereocenters. The predicted octanol–water partition coefficient (Wildman–Crippen LogP) is 1.89. The average molecular weight is 290 g/mol. The average Bonchev–Trinajstić information content (AvgIpc) is 2.48. The highest BCUT2D eigenvalue weighted by atomic mass is 16.5. The lowest BCUT2D eigenvalue weighted by molar-refractivity contribution is -0.119. The number of amides is 2. The summed E-state index contributed by atoms with van der Waals surface area (Å²) in [7, 11) is 0. The van der Waals surface area contributed by atoms with Crippen molar-refractivity contribution in [2.24, 2.45) is 5.92 Å². The first kappa shape index (κ1) is 16.8. The van der Waals surface area contributed by atoms with Crippen LogP contribution in [0.25, 0.3) is 0 Å². The van der Waals surface area contributed by atoms with Gasteiger partial charge in [-0.05, 0) is 17.9 Å². The Morgan fingerprint density at radius 2 is 1.90 bits per heavy atom. The van der Waals surface area contributed by atoms with E-state index in [-0.39, 0.29) is 18.4 Å². The van der Waals surface area contributed by atoms with E-state index < -0.39 is 6.09 Å². The van der Waals surface area contributed by atoms with Gasteiger partial charge in [0.25, 0.3) is 0 Å². The van der Waals surface area contributed by atoms with E-state index in [2.05, 4.69) is 17.2 Å². The zero-order valence-corrected chi connectivity index (χ0v) is 12.3. The van der Waals surface area contributed by atoms with Crippen molar-refractivity contribution in [3.05, 3.63) is 48.6 Å². The Kier molecular flexibility index (Phi) is 7.64. The Morgan fingerprint density at radius 1 is 1.24 bits per heavy atom. The molecule has 1 aromatic carbocycles. The molecule has 0 aliphatic rings. The molecule has 0 spiro atoms. The summed E-state index contributed by atoms with van der Waals surface area (Å²) in [5.74, 6) is 0.0230. The Balaban J connectivity index is 2.49. The second-order valence-electron chi connectivity index (χ2n) is 4.76. The zero-order valence-electron chi connectivity index (χ0n) is 12.3. The molecule has 0 aliphatic heterocycles. The number of ether oxygens (including phenoxy) is 1. The van der Waals surface area contributed by atoms with E-state index in [9.17, 15) is 9.59 Å². The first-order valence-electron chi connectivity index (χ1n) is 6.91. The van der Waals surface area contributed by atoms with Crippen LogP contribution in [0, 0.1) is 5.92 Å². The van der Waals surface area contributed by atoms with E-state index in [1.54, 1.807) is 0 Å². The molecule has 0 saturated heterocycles. The van der Waals surface area contributed by atoms with Crippen LogP contribution in [-0.2, 0) is 16.0 Å². The van der Waals surface area contributed by atoms with Crippen LogP contribution in [0.5, 0.6) is 0 Å². The van der Waals surface area contributed by atoms with Crippen LogP contribution in [0.1, 0.15) is 12.5 Å². The quantitative estimate of drug-likeness (QED) is 0.719. The molecule has 1 aromatic rings. The molecule has 21 heavy (non-hydrogen) atoms. The maximum atomic E-state index is 11.4. The van der Waals surface area contributed by atoms with Crippen molar-refractivity contribution in [1.82, 2.24) is 10.6 Å². The van der Waals surface area contributed by atoms with Crippen molar-refractivity contribution >= 4 is 12.0 Å². The predicted molar refractivity (Wildman–Crippen MR) is 81.9 cm³/mol. The summed E-state index contributed by atoms with van der Waals surface area (Å²) in [6, 6.07) is 9.94. The van der Waals surface area contributed by atoms with Gasteiger partial charge in [-0.3, -0.25) is 4.79 Å². The highest BCUT2D eigenvalue weighted by molar-refractivity contribution is 5.72. The molecule has 114 valence electrons. The summed E-state index contributed by atoms with van der Waals surface area (Å²) in [4.78, 5) is 22.5. The number of hydrogen-bond acceptors (Lipinski definition) is 3. The van der Waals surface area contributed by atoms with Crippen molar-refractivity contribution in [2.45, 2.75) is 13.3 Å². The highest BCUT2D eigenvalue weighted by Gasteiger charge is 2.12. The van der Waals surface area contributed by atoms with Crippen molar-refractivity contribution in [2.75, 3.05) is 19.7 Å². The van der Waals surface area contributed by atoms with Crippen LogP contribution in [0.4, 0.5) is 4.79 Å². The number of carbonyl (C=O) groups excluding carboxylic acids is 2. The first-order valence-corrected chi connectivity index (χ1v) is 6.91. The van der Waals surface area contributed by atoms with Gasteiger partial charge in [-0.25, -0.2) is 4.79 Å². The van der Waals surface area contributed by atoms with Gasteiger partial charge in [-0.15, -0.1) is 0 Å². The standard InChI is InChI=1S/C16H22N2O3/c1-3-9-21-16(20)18-12-15(11-17-13(2)19)10-14-7-5-4-6-8-14/h3-8,15H,1,9-12H2,2H3,(H,17,19)(H,18,20). The minimum absolute atomic E-state index is 0.0812. The normalized spacial score (nSPS) is 11.3. The molecular weight excluding hydrogens is 268 g/mol. The fraction of sp³-hybridized carbons (Fsp3) is 0.375. The molecule has 2 N–H and O–H groups in total. The largest absolute Gasteiger partial charge is 0.445 e. The van der Waals surface area contributed by atoms with E-state index in [1.165, 1.54) is 13.0 Å². The number of carbonyl (C=O) groups is 2. The molecule has 0 saturated carbocycles. The van der Waals surface area contributed by atoms with E-state index in [0.717, 1.165) is 12.0 Å². The van der Waals surface area contributed by atoms with Crippen LogP contribution in [0.15, 0.2) is 43.0 Å². The minimum atomic E-state index is -0.476. The lowest BCUT2D eigenvalue weighted by atomic mass is 9.99. The van der Waals surface area contributed by atoms with E-state index in [4.69, 9.17) is 4.74 Å². The Morgan fingerprint density at radius 3 is 2.52 bits per heavy atom. The Bertz CT molecular complexity index is 460. The molecule has 0 aliphatic carbocycles. The third-order valence-electron chi connectivity index (χ3n) is 2.87. The maximum Gasteiger partial charge on any atom is 0.407 e. The van der Waals surface area contributed by atoms with Gasteiger partial charge < -0.3 is 15.4 Å². The third-order valence-corrected chi connectivity index (χ3v) is 2.87. The summed E-state index contributed by atoms with van der Waals surface area (Å²) >= 11 is 0. The molecule has 1 atom stereocenters. The van der Waals surface area contributed by atoms with Crippen LogP contribution < -0.4 is 10.6 Å². The summed E-state index contributed by atoms with van der Waals surface area (Å²) in [5, 5.41) is 5.49. The van der Waals surface area contributed by atoms with Crippen molar-refractivity contribution in [3.8, 4) is 0 Å². The summed E-state index contributed by atoms with van der Waals surface area (Å²) < 4.78 is 4.86. The fourth-order valence-corrected chi connectivity index (χ4v) is 1.87. The fourth-order valence-electron chi connectivity index (χ4n) is 1.87. The van der Waals surface area contributed by atoms with E-state index >= 15 is 0 Å². The van der Waals surface area contributed by atoms with Gasteiger partial charge in [0, 0.05) is 20.0 Å². The first-order chi connectivity index (χ1) is 10.1. The van der Waals surface area contributed by atoms with Gasteiger partial charge in [0.2, 0.25) is 5.91 Å².